The van der Waals surface area contributed by atoms with E-state index in [0.29, 0.717) is 24.4 Å². The van der Waals surface area contributed by atoms with Crippen molar-refractivity contribution < 1.29 is 9.53 Å². The molecule has 0 aliphatic carbocycles. The van der Waals surface area contributed by atoms with Crippen LogP contribution in [0, 0.1) is 0 Å². The first-order valence-corrected chi connectivity index (χ1v) is 5.53. The monoisotopic (exact) mass is 237 g/mol. The van der Waals surface area contributed by atoms with E-state index in [2.05, 4.69) is 0 Å². The van der Waals surface area contributed by atoms with Crippen LogP contribution >= 0.6 is 0 Å². The second-order valence-electron chi connectivity index (χ2n) is 3.71. The molecule has 1 aromatic carbocycles. The summed E-state index contributed by atoms with van der Waals surface area (Å²) < 4.78 is 5.04. The highest BCUT2D eigenvalue weighted by Crippen LogP contribution is 2.22. The van der Waals surface area contributed by atoms with Gasteiger partial charge in [0.2, 0.25) is 0 Å². The lowest BCUT2D eigenvalue weighted by Crippen LogP contribution is -2.29. The highest BCUT2D eigenvalue weighted by molar-refractivity contribution is 5.99. The minimum atomic E-state index is -0.469. The maximum Gasteiger partial charge on any atom is 0.250 e. The number of rotatable bonds is 6. The first kappa shape index (κ1) is 13.3. The number of methoxy groups -OCH3 is 1. The van der Waals surface area contributed by atoms with Crippen molar-refractivity contribution in [2.45, 2.75) is 6.92 Å². The van der Waals surface area contributed by atoms with Crippen LogP contribution in [0.1, 0.15) is 17.3 Å². The molecule has 5 nitrogen and oxygen atoms in total. The van der Waals surface area contributed by atoms with Gasteiger partial charge in [-0.25, -0.2) is 0 Å². The van der Waals surface area contributed by atoms with Gasteiger partial charge < -0.3 is 21.1 Å². The molecular formula is C12H19N3O2. The molecule has 0 unspecified atom stereocenters. The van der Waals surface area contributed by atoms with Crippen molar-refractivity contribution in [3.63, 3.8) is 0 Å². The molecule has 0 saturated heterocycles. The number of carbonyl (C=O) groups is 1. The van der Waals surface area contributed by atoms with Gasteiger partial charge in [0.05, 0.1) is 12.2 Å². The van der Waals surface area contributed by atoms with Gasteiger partial charge in [0, 0.05) is 31.6 Å². The van der Waals surface area contributed by atoms with Gasteiger partial charge >= 0.3 is 0 Å². The van der Waals surface area contributed by atoms with Crippen LogP contribution in [-0.2, 0) is 4.74 Å². The Morgan fingerprint density at radius 1 is 1.47 bits per heavy atom. The van der Waals surface area contributed by atoms with Crippen molar-refractivity contribution >= 4 is 17.3 Å². The zero-order chi connectivity index (χ0) is 12.8. The van der Waals surface area contributed by atoms with Crippen molar-refractivity contribution in [1.29, 1.82) is 0 Å². The Morgan fingerprint density at radius 3 is 2.71 bits per heavy atom. The number of anilines is 2. The van der Waals surface area contributed by atoms with Crippen LogP contribution in [0.2, 0.25) is 0 Å². The summed E-state index contributed by atoms with van der Waals surface area (Å²) >= 11 is 0. The number of nitrogens with zero attached hydrogens (tertiary/aromatic N) is 1. The topological polar surface area (TPSA) is 81.6 Å². The third kappa shape index (κ3) is 3.35. The third-order valence-corrected chi connectivity index (χ3v) is 2.57. The van der Waals surface area contributed by atoms with E-state index in [4.69, 9.17) is 16.2 Å². The second kappa shape index (κ2) is 6.10. The van der Waals surface area contributed by atoms with Crippen molar-refractivity contribution in [3.05, 3.63) is 23.8 Å². The molecule has 17 heavy (non-hydrogen) atoms. The van der Waals surface area contributed by atoms with E-state index in [-0.39, 0.29) is 0 Å². The Bertz CT molecular complexity index is 393. The minimum absolute atomic E-state index is 0.447. The molecular weight excluding hydrogens is 218 g/mol. The lowest BCUT2D eigenvalue weighted by atomic mass is 10.1. The van der Waals surface area contributed by atoms with Crippen molar-refractivity contribution in [2.75, 3.05) is 37.4 Å². The quantitative estimate of drug-likeness (QED) is 0.718. The molecule has 0 radical (unpaired) electrons. The molecule has 0 heterocycles. The highest BCUT2D eigenvalue weighted by atomic mass is 16.5. The van der Waals surface area contributed by atoms with Gasteiger partial charge in [-0.2, -0.15) is 0 Å². The molecule has 1 rings (SSSR count). The smallest absolute Gasteiger partial charge is 0.250 e. The van der Waals surface area contributed by atoms with Gasteiger partial charge in [0.15, 0.2) is 0 Å². The number of carbonyl (C=O) groups excluding carboxylic acids is 1. The van der Waals surface area contributed by atoms with Crippen LogP contribution in [0.4, 0.5) is 11.4 Å². The maximum atomic E-state index is 11.4. The Morgan fingerprint density at radius 2 is 2.18 bits per heavy atom. The number of amides is 1. The molecule has 0 aliphatic heterocycles. The van der Waals surface area contributed by atoms with E-state index >= 15 is 0 Å². The van der Waals surface area contributed by atoms with Crippen LogP contribution in [0.25, 0.3) is 0 Å². The van der Waals surface area contributed by atoms with E-state index in [1.165, 1.54) is 0 Å². The molecule has 0 spiro atoms. The standard InChI is InChI=1S/C12H19N3O2/c1-3-15(6-7-17-2)11-5-4-9(13)8-10(11)12(14)16/h4-5,8H,3,6-7,13H2,1-2H3,(H2,14,16). The third-order valence-electron chi connectivity index (χ3n) is 2.57. The minimum Gasteiger partial charge on any atom is -0.399 e. The van der Waals surface area contributed by atoms with Gasteiger partial charge in [0.1, 0.15) is 0 Å². The summed E-state index contributed by atoms with van der Waals surface area (Å²) in [6, 6.07) is 5.18. The van der Waals surface area contributed by atoms with Crippen LogP contribution in [-0.4, -0.2) is 32.7 Å². The predicted molar refractivity (Wildman–Crippen MR) is 69.1 cm³/mol. The largest absolute Gasteiger partial charge is 0.399 e. The first-order valence-electron chi connectivity index (χ1n) is 5.53. The second-order valence-corrected chi connectivity index (χ2v) is 3.71. The summed E-state index contributed by atoms with van der Waals surface area (Å²) in [5, 5.41) is 0. The highest BCUT2D eigenvalue weighted by Gasteiger charge is 2.13. The van der Waals surface area contributed by atoms with Crippen LogP contribution in [0.15, 0.2) is 18.2 Å². The molecule has 0 saturated carbocycles. The fourth-order valence-corrected chi connectivity index (χ4v) is 1.68. The summed E-state index contributed by atoms with van der Waals surface area (Å²) in [7, 11) is 1.64. The van der Waals surface area contributed by atoms with Crippen molar-refractivity contribution in [3.8, 4) is 0 Å². The van der Waals surface area contributed by atoms with E-state index < -0.39 is 5.91 Å². The number of hydrogen-bond acceptors (Lipinski definition) is 4. The Balaban J connectivity index is 3.05. The number of ether oxygens (including phenoxy) is 1. The van der Waals surface area contributed by atoms with E-state index in [0.717, 1.165) is 12.2 Å². The van der Waals surface area contributed by atoms with Gasteiger partial charge in [-0.1, -0.05) is 0 Å². The summed E-state index contributed by atoms with van der Waals surface area (Å²) in [6.45, 7) is 4.08. The lowest BCUT2D eigenvalue weighted by Gasteiger charge is -2.24. The van der Waals surface area contributed by atoms with Crippen LogP contribution in [0.3, 0.4) is 0 Å². The molecule has 1 aromatic rings. The molecule has 5 heteroatoms. The number of benzene rings is 1. The molecule has 0 aliphatic rings. The number of likely N-dealkylation sites (N-methyl/N-ethyl adjacent to an activating group) is 1. The Kier molecular flexibility index (Phi) is 4.78. The summed E-state index contributed by atoms with van der Waals surface area (Å²) in [6.07, 6.45) is 0. The molecule has 0 atom stereocenters. The lowest BCUT2D eigenvalue weighted by molar-refractivity contribution is 0.100. The fourth-order valence-electron chi connectivity index (χ4n) is 1.68. The van der Waals surface area contributed by atoms with E-state index in [9.17, 15) is 4.79 Å². The normalized spacial score (nSPS) is 10.2. The molecule has 94 valence electrons. The fraction of sp³-hybridized carbons (Fsp3) is 0.417. The van der Waals surface area contributed by atoms with Gasteiger partial charge in [0.25, 0.3) is 5.91 Å². The van der Waals surface area contributed by atoms with Crippen molar-refractivity contribution in [1.82, 2.24) is 0 Å². The van der Waals surface area contributed by atoms with Crippen LogP contribution in [0.5, 0.6) is 0 Å². The van der Waals surface area contributed by atoms with E-state index in [1.807, 2.05) is 17.9 Å². The molecule has 0 bridgehead atoms. The Labute approximate surface area is 101 Å². The maximum absolute atomic E-state index is 11.4. The summed E-state index contributed by atoms with van der Waals surface area (Å²) in [5.41, 5.74) is 12.8. The zero-order valence-corrected chi connectivity index (χ0v) is 10.3. The van der Waals surface area contributed by atoms with E-state index in [1.54, 1.807) is 19.2 Å². The van der Waals surface area contributed by atoms with Crippen LogP contribution < -0.4 is 16.4 Å². The van der Waals surface area contributed by atoms with Gasteiger partial charge in [-0.05, 0) is 25.1 Å². The van der Waals surface area contributed by atoms with Gasteiger partial charge in [-0.15, -0.1) is 0 Å². The number of nitrogens with two attached hydrogens (primary N) is 2. The number of hydrogen-bond donors (Lipinski definition) is 2. The predicted octanol–water partition coefficient (Wildman–Crippen LogP) is 0.840. The molecule has 0 aromatic heterocycles. The summed E-state index contributed by atoms with van der Waals surface area (Å²) in [5.74, 6) is -0.469. The SMILES string of the molecule is CCN(CCOC)c1ccc(N)cc1C(N)=O. The first-order chi connectivity index (χ1) is 8.10. The Hall–Kier alpha value is -1.75. The zero-order valence-electron chi connectivity index (χ0n) is 10.3. The number of nitrogen functional groups attached to an aromatic ring is 1. The average Bonchev–Trinajstić information content (AvgIpc) is 2.31. The van der Waals surface area contributed by atoms with Crippen molar-refractivity contribution in [2.24, 2.45) is 5.73 Å². The van der Waals surface area contributed by atoms with Gasteiger partial charge in [-0.3, -0.25) is 4.79 Å². The molecule has 1 amide bonds. The average molecular weight is 237 g/mol. The molecule has 4 N–H and O–H groups in total. The number of primary amides is 1. The molecule has 0 fully saturated rings. The summed E-state index contributed by atoms with van der Waals surface area (Å²) in [4.78, 5) is 13.4.